The number of rotatable bonds is 10. The summed E-state index contributed by atoms with van der Waals surface area (Å²) in [5.41, 5.74) is 5.96. The number of ether oxygens (including phenoxy) is 1. The molecule has 0 amide bonds. The summed E-state index contributed by atoms with van der Waals surface area (Å²) in [6.07, 6.45) is 11.2. The molecular formula is C32H40N10OS. The largest absolute Gasteiger partial charge is 0.494 e. The second kappa shape index (κ2) is 13.7. The molecule has 2 fully saturated rings. The van der Waals surface area contributed by atoms with E-state index in [9.17, 15) is 0 Å². The van der Waals surface area contributed by atoms with Gasteiger partial charge < -0.3 is 29.9 Å². The van der Waals surface area contributed by atoms with Crippen LogP contribution in [0.3, 0.4) is 0 Å². The molecule has 6 rings (SSSR count). The third-order valence-corrected chi connectivity index (χ3v) is 8.86. The summed E-state index contributed by atoms with van der Waals surface area (Å²) >= 11 is 1.49. The lowest BCUT2D eigenvalue weighted by molar-refractivity contribution is 0.0982. The van der Waals surface area contributed by atoms with E-state index in [1.807, 2.05) is 24.5 Å². The molecule has 12 heteroatoms. The topological polar surface area (TPSA) is 107 Å². The molecule has 3 N–H and O–H groups in total. The standard InChI is InChI=1S/C32H40N10OS/c1-5-22-21-35-32(38-31(22)36-27-9-8-26-29(30(27)39-44-4)34-13-12-33-26)37-25-7-6-24(20-28(25)43-3)41-14-10-23(11-15-41)42-18-16-40(2)17-19-42/h5-9,12-13,20-21,23,39H,1,10-11,14-19H2,2-4H3,(H2,35,36,37,38). The first-order valence-electron chi connectivity index (χ1n) is 15.0. The average molecular weight is 613 g/mol. The van der Waals surface area contributed by atoms with Crippen LogP contribution < -0.4 is 25.0 Å². The Kier molecular flexibility index (Phi) is 9.29. The summed E-state index contributed by atoms with van der Waals surface area (Å²) in [6, 6.07) is 10.9. The van der Waals surface area contributed by atoms with Crippen molar-refractivity contribution in [3.63, 3.8) is 0 Å². The second-order valence-electron chi connectivity index (χ2n) is 11.1. The van der Waals surface area contributed by atoms with Gasteiger partial charge in [-0.15, -0.1) is 0 Å². The van der Waals surface area contributed by atoms with Crippen molar-refractivity contribution in [1.82, 2.24) is 29.7 Å². The van der Waals surface area contributed by atoms with E-state index < -0.39 is 0 Å². The summed E-state index contributed by atoms with van der Waals surface area (Å²) in [7, 11) is 3.91. The first-order chi connectivity index (χ1) is 21.6. The van der Waals surface area contributed by atoms with E-state index in [0.717, 1.165) is 52.5 Å². The number of nitrogens with zero attached hydrogens (tertiary/aromatic N) is 7. The van der Waals surface area contributed by atoms with Crippen LogP contribution in [0, 0.1) is 0 Å². The number of fused-ring (bicyclic) bond motifs is 1. The van der Waals surface area contributed by atoms with Crippen molar-refractivity contribution in [2.75, 3.05) is 79.9 Å². The van der Waals surface area contributed by atoms with Crippen molar-refractivity contribution in [1.29, 1.82) is 0 Å². The van der Waals surface area contributed by atoms with Gasteiger partial charge in [-0.05, 0) is 44.2 Å². The van der Waals surface area contributed by atoms with Gasteiger partial charge in [-0.1, -0.05) is 24.6 Å². The maximum absolute atomic E-state index is 5.82. The fraction of sp³-hybridized carbons (Fsp3) is 0.375. The van der Waals surface area contributed by atoms with Crippen molar-refractivity contribution in [3.05, 3.63) is 61.1 Å². The van der Waals surface area contributed by atoms with Crippen LogP contribution in [0.5, 0.6) is 5.75 Å². The molecular weight excluding hydrogens is 572 g/mol. The van der Waals surface area contributed by atoms with Gasteiger partial charge in [-0.2, -0.15) is 4.98 Å². The van der Waals surface area contributed by atoms with Crippen molar-refractivity contribution in [2.45, 2.75) is 18.9 Å². The van der Waals surface area contributed by atoms with Crippen LogP contribution in [0.2, 0.25) is 0 Å². The summed E-state index contributed by atoms with van der Waals surface area (Å²) in [6.45, 7) is 10.7. The molecule has 0 radical (unpaired) electrons. The number of hydrogen-bond acceptors (Lipinski definition) is 12. The highest BCUT2D eigenvalue weighted by molar-refractivity contribution is 7.99. The zero-order chi connectivity index (χ0) is 30.5. The molecule has 0 saturated carbocycles. The summed E-state index contributed by atoms with van der Waals surface area (Å²) in [4.78, 5) is 25.9. The fourth-order valence-corrected chi connectivity index (χ4v) is 6.36. The lowest BCUT2D eigenvalue weighted by Crippen LogP contribution is -2.52. The van der Waals surface area contributed by atoms with Gasteiger partial charge in [0.1, 0.15) is 17.1 Å². The van der Waals surface area contributed by atoms with Crippen LogP contribution in [0.25, 0.3) is 17.1 Å². The number of nitrogens with one attached hydrogen (secondary N) is 3. The number of aromatic nitrogens is 4. The van der Waals surface area contributed by atoms with Crippen LogP contribution in [0.1, 0.15) is 18.4 Å². The molecule has 0 unspecified atom stereocenters. The Morgan fingerprint density at radius 3 is 2.48 bits per heavy atom. The van der Waals surface area contributed by atoms with E-state index in [-0.39, 0.29) is 0 Å². The Hall–Kier alpha value is -4.13. The molecule has 2 aromatic carbocycles. The van der Waals surface area contributed by atoms with Gasteiger partial charge in [-0.3, -0.25) is 14.9 Å². The molecule has 0 bridgehead atoms. The Morgan fingerprint density at radius 1 is 0.955 bits per heavy atom. The molecule has 230 valence electrons. The predicted octanol–water partition coefficient (Wildman–Crippen LogP) is 5.46. The number of likely N-dealkylation sites (N-methyl/N-ethyl adjacent to an activating group) is 1. The molecule has 2 aliphatic heterocycles. The normalized spacial score (nSPS) is 16.6. The molecule has 4 aromatic rings. The van der Waals surface area contributed by atoms with E-state index in [0.29, 0.717) is 17.8 Å². The van der Waals surface area contributed by atoms with Crippen LogP contribution in [-0.2, 0) is 0 Å². The highest BCUT2D eigenvalue weighted by Gasteiger charge is 2.27. The number of benzene rings is 2. The maximum atomic E-state index is 5.82. The molecule has 0 spiro atoms. The van der Waals surface area contributed by atoms with Gasteiger partial charge in [0.05, 0.1) is 29.7 Å². The lowest BCUT2D eigenvalue weighted by Gasteiger charge is -2.42. The Bertz CT molecular complexity index is 1600. The van der Waals surface area contributed by atoms with E-state index in [4.69, 9.17) is 9.72 Å². The molecule has 44 heavy (non-hydrogen) atoms. The van der Waals surface area contributed by atoms with E-state index in [2.05, 4.69) is 70.8 Å². The van der Waals surface area contributed by atoms with Gasteiger partial charge in [0.15, 0.2) is 0 Å². The van der Waals surface area contributed by atoms with E-state index in [1.54, 1.807) is 31.8 Å². The molecule has 0 aliphatic carbocycles. The molecule has 2 saturated heterocycles. The average Bonchev–Trinajstić information content (AvgIpc) is 3.06. The van der Waals surface area contributed by atoms with Gasteiger partial charge >= 0.3 is 0 Å². The number of piperazine rings is 1. The van der Waals surface area contributed by atoms with Crippen molar-refractivity contribution in [2.24, 2.45) is 0 Å². The Labute approximate surface area is 263 Å². The highest BCUT2D eigenvalue weighted by Crippen LogP contribution is 2.36. The van der Waals surface area contributed by atoms with Crippen molar-refractivity contribution < 1.29 is 4.74 Å². The third-order valence-electron chi connectivity index (χ3n) is 8.45. The predicted molar refractivity (Wildman–Crippen MR) is 183 cm³/mol. The Morgan fingerprint density at radius 2 is 1.73 bits per heavy atom. The molecule has 0 atom stereocenters. The second-order valence-corrected chi connectivity index (χ2v) is 11.7. The van der Waals surface area contributed by atoms with Crippen LogP contribution >= 0.6 is 11.9 Å². The van der Waals surface area contributed by atoms with Gasteiger partial charge in [0.2, 0.25) is 5.95 Å². The first kappa shape index (κ1) is 29.9. The van der Waals surface area contributed by atoms with Crippen molar-refractivity contribution >= 4 is 63.6 Å². The minimum atomic E-state index is 0.442. The quantitative estimate of drug-likeness (QED) is 0.198. The third kappa shape index (κ3) is 6.52. The number of anilines is 6. The van der Waals surface area contributed by atoms with Crippen molar-refractivity contribution in [3.8, 4) is 5.75 Å². The maximum Gasteiger partial charge on any atom is 0.229 e. The molecule has 11 nitrogen and oxygen atoms in total. The van der Waals surface area contributed by atoms with Crippen LogP contribution in [0.15, 0.2) is 55.5 Å². The smallest absolute Gasteiger partial charge is 0.229 e. The molecule has 4 heterocycles. The van der Waals surface area contributed by atoms with E-state index >= 15 is 0 Å². The van der Waals surface area contributed by atoms with E-state index in [1.165, 1.54) is 56.7 Å². The van der Waals surface area contributed by atoms with Gasteiger partial charge in [0.25, 0.3) is 0 Å². The lowest BCUT2D eigenvalue weighted by atomic mass is 10.0. The first-order valence-corrected chi connectivity index (χ1v) is 16.2. The minimum absolute atomic E-state index is 0.442. The summed E-state index contributed by atoms with van der Waals surface area (Å²) in [5.74, 6) is 1.80. The SMILES string of the molecule is C=Cc1cnc(Nc2ccc(N3CCC(N4CCN(C)CC4)CC3)cc2OC)nc1Nc1ccc2nccnc2c1NSC. The van der Waals surface area contributed by atoms with Gasteiger partial charge in [0, 0.05) is 87.5 Å². The number of hydrogen-bond donors (Lipinski definition) is 3. The zero-order valence-corrected chi connectivity index (χ0v) is 26.4. The summed E-state index contributed by atoms with van der Waals surface area (Å²) in [5, 5.41) is 6.82. The highest BCUT2D eigenvalue weighted by atomic mass is 32.2. The zero-order valence-electron chi connectivity index (χ0n) is 25.6. The summed E-state index contributed by atoms with van der Waals surface area (Å²) < 4.78 is 9.16. The minimum Gasteiger partial charge on any atom is -0.494 e. The fourth-order valence-electron chi connectivity index (χ4n) is 5.95. The monoisotopic (exact) mass is 612 g/mol. The molecule has 2 aromatic heterocycles. The number of piperidine rings is 1. The van der Waals surface area contributed by atoms with Gasteiger partial charge in [-0.25, -0.2) is 4.98 Å². The van der Waals surface area contributed by atoms with Crippen LogP contribution in [-0.4, -0.2) is 95.5 Å². The van der Waals surface area contributed by atoms with Crippen LogP contribution in [0.4, 0.5) is 34.5 Å². The number of methoxy groups -OCH3 is 1. The molecule has 2 aliphatic rings. The Balaban J connectivity index is 1.18.